The van der Waals surface area contributed by atoms with Crippen molar-refractivity contribution in [2.45, 2.75) is 12.8 Å². The lowest BCUT2D eigenvalue weighted by atomic mass is 10.2. The van der Waals surface area contributed by atoms with E-state index in [1.54, 1.807) is 0 Å². The first kappa shape index (κ1) is 8.10. The highest BCUT2D eigenvalue weighted by Crippen LogP contribution is 1.86. The second kappa shape index (κ2) is 4.03. The Morgan fingerprint density at radius 1 is 1.33 bits per heavy atom. The van der Waals surface area contributed by atoms with E-state index in [1.807, 2.05) is 0 Å². The number of carboxylic acids is 1. The van der Waals surface area contributed by atoms with Gasteiger partial charge >= 0.3 is 0 Å². The zero-order valence-electron chi connectivity index (χ0n) is 4.79. The van der Waals surface area contributed by atoms with Crippen LogP contribution < -0.4 is 5.11 Å². The Morgan fingerprint density at radius 2 is 1.89 bits per heavy atom. The Labute approximate surface area is 52.1 Å². The highest BCUT2D eigenvalue weighted by molar-refractivity contribution is 5.82. The fourth-order valence-electron chi connectivity index (χ4n) is 0.321. The van der Waals surface area contributed by atoms with Gasteiger partial charge in [-0.2, -0.15) is 0 Å². The molecule has 0 aromatic rings. The van der Waals surface area contributed by atoms with Gasteiger partial charge in [0, 0.05) is 12.4 Å². The predicted molar refractivity (Wildman–Crippen MR) is 26.3 cm³/mol. The number of carbonyl (C=O) groups excluding carboxylic acids is 2. The largest absolute Gasteiger partial charge is 0.550 e. The molecule has 0 amide bonds. The molecular weight excluding hydrogens is 124 g/mol. The zero-order valence-corrected chi connectivity index (χ0v) is 4.79. The average molecular weight is 131 g/mol. The fourth-order valence-corrected chi connectivity index (χ4v) is 0.321. The fraction of sp³-hybridized carbons (Fsp3) is 0.600. The van der Waals surface area contributed by atoms with Crippen LogP contribution in [0.4, 0.5) is 0 Å². The van der Waals surface area contributed by atoms with Crippen LogP contribution in [-0.2, 0) is 9.59 Å². The molecule has 0 aliphatic rings. The van der Waals surface area contributed by atoms with Crippen LogP contribution in [0.25, 0.3) is 0 Å². The number of Topliss-reactive ketones (excluding diaryl/α,β-unsaturated/α-hetero) is 1. The molecule has 0 aromatic heterocycles. The molecule has 0 radical (unpaired) electrons. The van der Waals surface area contributed by atoms with E-state index in [1.165, 1.54) is 0 Å². The van der Waals surface area contributed by atoms with Crippen molar-refractivity contribution >= 4 is 11.8 Å². The molecule has 0 aliphatic heterocycles. The van der Waals surface area contributed by atoms with Crippen LogP contribution in [-0.4, -0.2) is 23.5 Å². The molecule has 0 bridgehead atoms. The molecule has 0 aliphatic carbocycles. The van der Waals surface area contributed by atoms with Gasteiger partial charge < -0.3 is 15.0 Å². The second-order valence-electron chi connectivity index (χ2n) is 1.57. The van der Waals surface area contributed by atoms with E-state index in [-0.39, 0.29) is 12.8 Å². The van der Waals surface area contributed by atoms with Crippen molar-refractivity contribution in [1.82, 2.24) is 0 Å². The molecule has 0 fully saturated rings. The minimum absolute atomic E-state index is 0.140. The molecule has 4 heteroatoms. The summed E-state index contributed by atoms with van der Waals surface area (Å²) in [6.07, 6.45) is -0.446. The number of ketones is 1. The summed E-state index contributed by atoms with van der Waals surface area (Å²) in [5.41, 5.74) is 0. The third kappa shape index (κ3) is 4.96. The highest BCUT2D eigenvalue weighted by atomic mass is 16.4. The molecule has 0 unspecified atom stereocenters. The molecule has 0 spiro atoms. The number of aliphatic carboxylic acids is 1. The molecule has 1 N–H and O–H groups in total. The zero-order chi connectivity index (χ0) is 7.28. The summed E-state index contributed by atoms with van der Waals surface area (Å²) in [5.74, 6) is -1.74. The summed E-state index contributed by atoms with van der Waals surface area (Å²) < 4.78 is 0. The van der Waals surface area contributed by atoms with E-state index in [2.05, 4.69) is 0 Å². The normalized spacial score (nSPS) is 9.00. The molecule has 0 rings (SSSR count). The van der Waals surface area contributed by atoms with Crippen LogP contribution in [0.15, 0.2) is 0 Å². The number of carboxylic acid groups (broad SMARTS) is 1. The van der Waals surface area contributed by atoms with Gasteiger partial charge in [-0.15, -0.1) is 0 Å². The summed E-state index contributed by atoms with van der Waals surface area (Å²) in [4.78, 5) is 19.8. The Hall–Kier alpha value is -0.900. The summed E-state index contributed by atoms with van der Waals surface area (Å²) in [5, 5.41) is 17.8. The van der Waals surface area contributed by atoms with Crippen LogP contribution in [0, 0.1) is 0 Å². The number of aliphatic hydroxyl groups excluding tert-OH is 1. The summed E-state index contributed by atoms with van der Waals surface area (Å²) in [7, 11) is 0. The molecule has 4 nitrogen and oxygen atoms in total. The third-order valence-corrected chi connectivity index (χ3v) is 0.784. The van der Waals surface area contributed by atoms with Crippen molar-refractivity contribution < 1.29 is 19.8 Å². The third-order valence-electron chi connectivity index (χ3n) is 0.784. The number of aliphatic hydroxyl groups is 1. The number of rotatable bonds is 4. The predicted octanol–water partition coefficient (Wildman–Crippen LogP) is -1.92. The average Bonchev–Trinajstić information content (AvgIpc) is 1.83. The van der Waals surface area contributed by atoms with Gasteiger partial charge in [0.05, 0.1) is 0 Å². The molecule has 0 saturated heterocycles. The lowest BCUT2D eigenvalue weighted by Gasteiger charge is -1.97. The van der Waals surface area contributed by atoms with Crippen LogP contribution in [0.2, 0.25) is 0 Å². The Bertz CT molecular complexity index is 118. The Kier molecular flexibility index (Phi) is 3.62. The van der Waals surface area contributed by atoms with Crippen LogP contribution >= 0.6 is 0 Å². The maximum atomic E-state index is 10.2. The molecular formula is C5H7O4-. The number of carbonyl (C=O) groups is 2. The van der Waals surface area contributed by atoms with Crippen LogP contribution in [0.3, 0.4) is 0 Å². The first-order valence-electron chi connectivity index (χ1n) is 2.49. The van der Waals surface area contributed by atoms with Crippen molar-refractivity contribution in [3.05, 3.63) is 0 Å². The topological polar surface area (TPSA) is 77.4 Å². The summed E-state index contributed by atoms with van der Waals surface area (Å²) >= 11 is 0. The lowest BCUT2D eigenvalue weighted by molar-refractivity contribution is -0.305. The van der Waals surface area contributed by atoms with Gasteiger partial charge in [-0.3, -0.25) is 4.79 Å². The molecule has 52 valence electrons. The van der Waals surface area contributed by atoms with E-state index in [9.17, 15) is 14.7 Å². The lowest BCUT2D eigenvalue weighted by Crippen LogP contribution is -2.23. The quantitative estimate of drug-likeness (QED) is 0.482. The van der Waals surface area contributed by atoms with Gasteiger partial charge in [0.25, 0.3) is 0 Å². The van der Waals surface area contributed by atoms with E-state index in [0.717, 1.165) is 0 Å². The number of hydrogen-bond acceptors (Lipinski definition) is 4. The maximum Gasteiger partial charge on any atom is 0.158 e. The van der Waals surface area contributed by atoms with Crippen molar-refractivity contribution in [3.63, 3.8) is 0 Å². The van der Waals surface area contributed by atoms with E-state index in [0.29, 0.717) is 0 Å². The molecule has 0 saturated carbocycles. The minimum atomic E-state index is -1.27. The maximum absolute atomic E-state index is 10.2. The van der Waals surface area contributed by atoms with E-state index >= 15 is 0 Å². The number of hydrogen-bond donors (Lipinski definition) is 1. The molecule has 9 heavy (non-hydrogen) atoms. The van der Waals surface area contributed by atoms with Crippen molar-refractivity contribution in [3.8, 4) is 0 Å². The Morgan fingerprint density at radius 3 is 2.22 bits per heavy atom. The summed E-state index contributed by atoms with van der Waals surface area (Å²) in [6.45, 7) is -0.590. The minimum Gasteiger partial charge on any atom is -0.550 e. The smallest absolute Gasteiger partial charge is 0.158 e. The first-order chi connectivity index (χ1) is 4.16. The van der Waals surface area contributed by atoms with E-state index < -0.39 is 18.4 Å². The van der Waals surface area contributed by atoms with Gasteiger partial charge in [-0.05, 0) is 6.42 Å². The molecule has 0 aromatic carbocycles. The van der Waals surface area contributed by atoms with Crippen molar-refractivity contribution in [2.75, 3.05) is 6.61 Å². The highest BCUT2D eigenvalue weighted by Gasteiger charge is 1.97. The van der Waals surface area contributed by atoms with Crippen LogP contribution in [0.1, 0.15) is 12.8 Å². The van der Waals surface area contributed by atoms with Crippen molar-refractivity contribution in [2.24, 2.45) is 0 Å². The molecule has 0 atom stereocenters. The first-order valence-corrected chi connectivity index (χ1v) is 2.49. The van der Waals surface area contributed by atoms with Gasteiger partial charge in [0.15, 0.2) is 5.78 Å². The standard InChI is InChI=1S/C5H8O4/c6-3-4(7)1-2-5(8)9/h6H,1-3H2,(H,8,9)/p-1. The Balaban J connectivity index is 3.28. The van der Waals surface area contributed by atoms with Gasteiger partial charge in [0.1, 0.15) is 6.61 Å². The monoisotopic (exact) mass is 131 g/mol. The van der Waals surface area contributed by atoms with Gasteiger partial charge in [-0.1, -0.05) is 0 Å². The SMILES string of the molecule is O=C([O-])CCC(=O)CO. The van der Waals surface area contributed by atoms with Crippen LogP contribution in [0.5, 0.6) is 0 Å². The van der Waals surface area contributed by atoms with Crippen molar-refractivity contribution in [1.29, 1.82) is 0 Å². The van der Waals surface area contributed by atoms with E-state index in [4.69, 9.17) is 5.11 Å². The second-order valence-corrected chi connectivity index (χ2v) is 1.57. The van der Waals surface area contributed by atoms with Gasteiger partial charge in [0.2, 0.25) is 0 Å². The summed E-state index contributed by atoms with van der Waals surface area (Å²) in [6, 6.07) is 0. The molecule has 0 heterocycles. The van der Waals surface area contributed by atoms with Gasteiger partial charge in [-0.25, -0.2) is 0 Å².